The van der Waals surface area contributed by atoms with Gasteiger partial charge >= 0.3 is 0 Å². The van der Waals surface area contributed by atoms with Gasteiger partial charge in [-0.15, -0.1) is 0 Å². The lowest BCUT2D eigenvalue weighted by atomic mass is 10.0. The Balaban J connectivity index is 1.56. The van der Waals surface area contributed by atoms with Crippen LogP contribution in [0.25, 0.3) is 17.1 Å². The normalized spacial score (nSPS) is 19.6. The lowest BCUT2D eigenvalue weighted by Crippen LogP contribution is -2.59. The zero-order valence-corrected chi connectivity index (χ0v) is 28.5. The summed E-state index contributed by atoms with van der Waals surface area (Å²) in [6, 6.07) is 18.8. The minimum Gasteiger partial charge on any atom is -0.350 e. The summed E-state index contributed by atoms with van der Waals surface area (Å²) in [6.07, 6.45) is 4.92. The van der Waals surface area contributed by atoms with Crippen LogP contribution in [0.3, 0.4) is 0 Å². The summed E-state index contributed by atoms with van der Waals surface area (Å²) in [7, 11) is 1.57. The molecular formula is C36H42ClN7O3S. The highest BCUT2D eigenvalue weighted by Gasteiger charge is 2.34. The molecule has 7 N–H and O–H groups in total. The fourth-order valence-electron chi connectivity index (χ4n) is 5.93. The number of benzene rings is 3. The summed E-state index contributed by atoms with van der Waals surface area (Å²) in [5, 5.41) is 10.8. The zero-order valence-electron chi connectivity index (χ0n) is 27.0. The Morgan fingerprint density at radius 1 is 0.958 bits per heavy atom. The first kappa shape index (κ1) is 35.2. The van der Waals surface area contributed by atoms with E-state index >= 15 is 0 Å². The van der Waals surface area contributed by atoms with Crippen LogP contribution in [0.2, 0.25) is 5.02 Å². The first-order valence-corrected chi connectivity index (χ1v) is 17.2. The molecule has 5 rings (SSSR count). The van der Waals surface area contributed by atoms with Crippen LogP contribution in [-0.4, -0.2) is 65.5 Å². The van der Waals surface area contributed by atoms with Crippen LogP contribution in [0.15, 0.2) is 89.3 Å². The van der Waals surface area contributed by atoms with Crippen LogP contribution in [0.4, 0.5) is 0 Å². The highest BCUT2D eigenvalue weighted by molar-refractivity contribution is 7.99. The van der Waals surface area contributed by atoms with Crippen molar-refractivity contribution in [2.75, 3.05) is 20.1 Å². The number of halogens is 1. The molecule has 0 unspecified atom stereocenters. The van der Waals surface area contributed by atoms with E-state index in [4.69, 9.17) is 23.1 Å². The number of aromatic nitrogens is 1. The van der Waals surface area contributed by atoms with Crippen LogP contribution < -0.4 is 27.4 Å². The largest absolute Gasteiger partial charge is 0.350 e. The molecule has 1 aliphatic heterocycles. The minimum absolute atomic E-state index is 0.145. The maximum Gasteiger partial charge on any atom is 0.246 e. The van der Waals surface area contributed by atoms with Crippen molar-refractivity contribution in [3.8, 4) is 0 Å². The number of amides is 3. The van der Waals surface area contributed by atoms with Gasteiger partial charge in [0.25, 0.3) is 0 Å². The van der Waals surface area contributed by atoms with Crippen LogP contribution in [0.5, 0.6) is 0 Å². The summed E-state index contributed by atoms with van der Waals surface area (Å²) in [5.74, 6) is -1.18. The Morgan fingerprint density at radius 2 is 1.71 bits per heavy atom. The molecule has 10 nitrogen and oxygen atoms in total. The summed E-state index contributed by atoms with van der Waals surface area (Å²) in [4.78, 5) is 45.2. The van der Waals surface area contributed by atoms with E-state index in [-0.39, 0.29) is 31.3 Å². The van der Waals surface area contributed by atoms with Crippen molar-refractivity contribution in [1.29, 1.82) is 0 Å². The van der Waals surface area contributed by atoms with Crippen molar-refractivity contribution in [3.63, 3.8) is 0 Å². The minimum atomic E-state index is -1.05. The predicted octanol–water partition coefficient (Wildman–Crippen LogP) is 3.89. The molecule has 48 heavy (non-hydrogen) atoms. The molecule has 1 aliphatic rings. The SMILES string of the molecule is C=Cn1cc(C[C@H]2C(=O)NCc3cc(Cl)ccc3Sc3ccccc3CN[C@@H](CCCN)C(=O)N[C@@H](CN)C(=O)N2C)c2ccccc21. The second kappa shape index (κ2) is 16.3. The van der Waals surface area contributed by atoms with E-state index in [1.54, 1.807) is 25.0 Å². The summed E-state index contributed by atoms with van der Waals surface area (Å²) < 4.78 is 1.90. The molecule has 1 aromatic heterocycles. The number of nitrogens with zero attached hydrogens (tertiary/aromatic N) is 2. The first-order chi connectivity index (χ1) is 23.2. The lowest BCUT2D eigenvalue weighted by Gasteiger charge is -2.31. The fourth-order valence-corrected chi connectivity index (χ4v) is 7.18. The number of para-hydroxylation sites is 1. The monoisotopic (exact) mass is 687 g/mol. The molecule has 12 heteroatoms. The predicted molar refractivity (Wildman–Crippen MR) is 192 cm³/mol. The van der Waals surface area contributed by atoms with Gasteiger partial charge in [-0.05, 0) is 66.4 Å². The molecule has 0 spiro atoms. The number of carbonyl (C=O) groups excluding carboxylic acids is 3. The molecule has 0 radical (unpaired) electrons. The van der Waals surface area contributed by atoms with Gasteiger partial charge in [-0.2, -0.15) is 0 Å². The number of hydrogen-bond acceptors (Lipinski definition) is 7. The van der Waals surface area contributed by atoms with Crippen molar-refractivity contribution in [1.82, 2.24) is 25.4 Å². The molecule has 0 saturated heterocycles. The number of nitrogens with one attached hydrogen (secondary N) is 3. The highest BCUT2D eigenvalue weighted by atomic mass is 35.5. The third kappa shape index (κ3) is 8.11. The fraction of sp³-hybridized carbons (Fsp3) is 0.306. The second-order valence-electron chi connectivity index (χ2n) is 11.8. The maximum atomic E-state index is 14.1. The number of likely N-dealkylation sites (N-methyl/N-ethyl adjacent to an activating group) is 1. The molecule has 3 aromatic carbocycles. The Hall–Kier alpha value is -4.13. The molecule has 0 aliphatic carbocycles. The molecule has 4 aromatic rings. The van der Waals surface area contributed by atoms with Gasteiger partial charge in [0.05, 0.1) is 11.6 Å². The quantitative estimate of drug-likeness (QED) is 0.198. The van der Waals surface area contributed by atoms with Crippen LogP contribution >= 0.6 is 23.4 Å². The number of carbonyl (C=O) groups is 3. The van der Waals surface area contributed by atoms with Gasteiger partial charge in [0.2, 0.25) is 17.7 Å². The molecule has 252 valence electrons. The van der Waals surface area contributed by atoms with Crippen molar-refractivity contribution >= 4 is 58.2 Å². The van der Waals surface area contributed by atoms with Crippen molar-refractivity contribution in [2.24, 2.45) is 11.5 Å². The molecule has 0 bridgehead atoms. The van der Waals surface area contributed by atoms with E-state index in [1.165, 1.54) is 4.90 Å². The van der Waals surface area contributed by atoms with Crippen molar-refractivity contribution < 1.29 is 14.4 Å². The summed E-state index contributed by atoms with van der Waals surface area (Å²) in [6.45, 7) is 4.79. The smallest absolute Gasteiger partial charge is 0.246 e. The molecular weight excluding hydrogens is 646 g/mol. The van der Waals surface area contributed by atoms with Gasteiger partial charge in [-0.3, -0.25) is 14.4 Å². The van der Waals surface area contributed by atoms with Gasteiger partial charge in [0.1, 0.15) is 12.1 Å². The Bertz CT molecular complexity index is 1790. The third-order valence-corrected chi connectivity index (χ3v) is 10.1. The van der Waals surface area contributed by atoms with Crippen molar-refractivity contribution in [3.05, 3.63) is 101 Å². The number of hydrogen-bond donors (Lipinski definition) is 5. The van der Waals surface area contributed by atoms with E-state index in [9.17, 15) is 14.4 Å². The zero-order chi connectivity index (χ0) is 34.2. The van der Waals surface area contributed by atoms with Gasteiger partial charge in [-0.1, -0.05) is 66.3 Å². The van der Waals surface area contributed by atoms with E-state index < -0.39 is 24.0 Å². The average molecular weight is 688 g/mol. The molecule has 3 amide bonds. The van der Waals surface area contributed by atoms with Gasteiger partial charge in [0.15, 0.2) is 0 Å². The Morgan fingerprint density at radius 3 is 2.48 bits per heavy atom. The second-order valence-corrected chi connectivity index (χ2v) is 13.3. The van der Waals surface area contributed by atoms with Gasteiger partial charge < -0.3 is 36.9 Å². The van der Waals surface area contributed by atoms with Gasteiger partial charge in [0, 0.05) is 65.7 Å². The van der Waals surface area contributed by atoms with E-state index in [0.29, 0.717) is 31.0 Å². The maximum absolute atomic E-state index is 14.1. The van der Waals surface area contributed by atoms with E-state index in [2.05, 4.69) is 22.5 Å². The summed E-state index contributed by atoms with van der Waals surface area (Å²) in [5.41, 5.74) is 15.5. The van der Waals surface area contributed by atoms with Crippen molar-refractivity contribution in [2.45, 2.75) is 60.3 Å². The first-order valence-electron chi connectivity index (χ1n) is 16.0. The topological polar surface area (TPSA) is 148 Å². The molecule has 0 saturated carbocycles. The number of nitrogens with two attached hydrogens (primary N) is 2. The van der Waals surface area contributed by atoms with Crippen LogP contribution in [0.1, 0.15) is 29.5 Å². The Kier molecular flexibility index (Phi) is 12.0. The standard InChI is InChI=1S/C36H42ClN7O3S/c1-3-44-22-25(27-10-5-6-12-30(27)44)18-31-35(46)41-21-24-17-26(37)14-15-33(24)48-32-13-7-4-9-23(32)20-40-28(11-8-16-38)34(45)42-29(19-39)36(47)43(31)2/h3-7,9-10,12-15,17,22,28-29,31,40H,1,8,11,16,18-21,38-39H2,2H3,(H,41,46)(H,42,45)/t28-,29-,31-/m0/s1. The number of fused-ring (bicyclic) bond motifs is 3. The van der Waals surface area contributed by atoms with Crippen LogP contribution in [-0.2, 0) is 33.9 Å². The van der Waals surface area contributed by atoms with E-state index in [0.717, 1.165) is 37.4 Å². The average Bonchev–Trinajstić information content (AvgIpc) is 3.46. The molecule has 2 heterocycles. The highest BCUT2D eigenvalue weighted by Crippen LogP contribution is 2.34. The molecule has 3 atom stereocenters. The number of rotatable bonds is 7. The molecule has 0 fully saturated rings. The van der Waals surface area contributed by atoms with Crippen LogP contribution in [0, 0.1) is 0 Å². The van der Waals surface area contributed by atoms with E-state index in [1.807, 2.05) is 77.5 Å². The third-order valence-electron chi connectivity index (χ3n) is 8.62. The summed E-state index contributed by atoms with van der Waals surface area (Å²) >= 11 is 8.00. The lowest BCUT2D eigenvalue weighted by molar-refractivity contribution is -0.141. The van der Waals surface area contributed by atoms with Gasteiger partial charge in [-0.25, -0.2) is 0 Å². The Labute approximate surface area is 290 Å².